The van der Waals surface area contributed by atoms with Crippen LogP contribution in [0.3, 0.4) is 0 Å². The molecule has 0 N–H and O–H groups in total. The topological polar surface area (TPSA) is 26.3 Å². The summed E-state index contributed by atoms with van der Waals surface area (Å²) in [5.41, 5.74) is 1.44. The number of carbonyl (C=O) groups excluding carboxylic acids is 1. The van der Waals surface area contributed by atoms with Gasteiger partial charge in [0.25, 0.3) is 0 Å². The van der Waals surface area contributed by atoms with Crippen LogP contribution in [-0.4, -0.2) is 12.4 Å². The van der Waals surface area contributed by atoms with Crippen molar-refractivity contribution in [3.63, 3.8) is 0 Å². The molecular weight excluding hydrogens is 330 g/mol. The number of halogens is 3. The van der Waals surface area contributed by atoms with Crippen LogP contribution in [-0.2, 0) is 0 Å². The molecular formula is C15H11BrF2O2. The fourth-order valence-electron chi connectivity index (χ4n) is 1.71. The molecule has 104 valence electrons. The molecule has 0 radical (unpaired) electrons. The molecule has 2 rings (SSSR count). The van der Waals surface area contributed by atoms with Gasteiger partial charge in [-0.25, -0.2) is 8.78 Å². The van der Waals surface area contributed by atoms with Crippen LogP contribution in [0.15, 0.2) is 40.9 Å². The number of rotatable bonds is 4. The first kappa shape index (κ1) is 14.7. The molecule has 0 unspecified atom stereocenters. The third-order valence-electron chi connectivity index (χ3n) is 2.65. The van der Waals surface area contributed by atoms with Gasteiger partial charge in [0.05, 0.1) is 4.47 Å². The van der Waals surface area contributed by atoms with E-state index in [9.17, 15) is 13.6 Å². The number of aryl methyl sites for hydroxylation is 1. The molecule has 0 aliphatic heterocycles. The zero-order chi connectivity index (χ0) is 14.7. The zero-order valence-electron chi connectivity index (χ0n) is 10.6. The van der Waals surface area contributed by atoms with Gasteiger partial charge in [0.15, 0.2) is 24.0 Å². The number of hydrogen-bond donors (Lipinski definition) is 0. The van der Waals surface area contributed by atoms with Crippen LogP contribution in [0, 0.1) is 18.6 Å². The molecule has 0 bridgehead atoms. The van der Waals surface area contributed by atoms with Crippen LogP contribution in [0.5, 0.6) is 5.75 Å². The highest BCUT2D eigenvalue weighted by atomic mass is 79.9. The second-order valence-corrected chi connectivity index (χ2v) is 5.13. The molecule has 0 saturated heterocycles. The van der Waals surface area contributed by atoms with E-state index in [1.165, 1.54) is 0 Å². The number of ether oxygens (including phenoxy) is 1. The Kier molecular flexibility index (Phi) is 4.49. The van der Waals surface area contributed by atoms with Gasteiger partial charge in [-0.1, -0.05) is 23.8 Å². The van der Waals surface area contributed by atoms with Crippen LogP contribution in [0.4, 0.5) is 8.78 Å². The summed E-state index contributed by atoms with van der Waals surface area (Å²) in [4.78, 5) is 11.9. The summed E-state index contributed by atoms with van der Waals surface area (Å²) in [5, 5.41) is 0. The van der Waals surface area contributed by atoms with Gasteiger partial charge in [0.2, 0.25) is 0 Å². The quantitative estimate of drug-likeness (QED) is 0.775. The van der Waals surface area contributed by atoms with Crippen molar-refractivity contribution in [1.29, 1.82) is 0 Å². The Morgan fingerprint density at radius 3 is 2.65 bits per heavy atom. The average Bonchev–Trinajstić information content (AvgIpc) is 2.37. The van der Waals surface area contributed by atoms with E-state index in [0.29, 0.717) is 11.6 Å². The van der Waals surface area contributed by atoms with Gasteiger partial charge in [-0.3, -0.25) is 4.79 Å². The van der Waals surface area contributed by atoms with E-state index >= 15 is 0 Å². The maximum absolute atomic E-state index is 13.5. The normalized spacial score (nSPS) is 10.4. The molecule has 2 aromatic rings. The van der Waals surface area contributed by atoms with Crippen molar-refractivity contribution >= 4 is 21.7 Å². The van der Waals surface area contributed by atoms with Crippen molar-refractivity contribution in [2.75, 3.05) is 6.61 Å². The van der Waals surface area contributed by atoms with E-state index in [1.807, 2.05) is 13.0 Å². The molecule has 2 nitrogen and oxygen atoms in total. The second-order valence-electron chi connectivity index (χ2n) is 4.28. The molecule has 0 spiro atoms. The van der Waals surface area contributed by atoms with Crippen molar-refractivity contribution in [1.82, 2.24) is 0 Å². The van der Waals surface area contributed by atoms with Gasteiger partial charge < -0.3 is 4.74 Å². The Labute approximate surface area is 123 Å². The van der Waals surface area contributed by atoms with Gasteiger partial charge >= 0.3 is 0 Å². The second kappa shape index (κ2) is 6.13. The fourth-order valence-corrected chi connectivity index (χ4v) is 2.23. The summed E-state index contributed by atoms with van der Waals surface area (Å²) in [6.45, 7) is 1.55. The minimum atomic E-state index is -0.853. The smallest absolute Gasteiger partial charge is 0.200 e. The largest absolute Gasteiger partial charge is 0.481 e. The van der Waals surface area contributed by atoms with Crippen molar-refractivity contribution in [2.45, 2.75) is 6.92 Å². The lowest BCUT2D eigenvalue weighted by molar-refractivity contribution is 0.0918. The first-order valence-electron chi connectivity index (χ1n) is 5.84. The predicted molar refractivity (Wildman–Crippen MR) is 75.1 cm³/mol. The van der Waals surface area contributed by atoms with E-state index in [0.717, 1.165) is 11.6 Å². The van der Waals surface area contributed by atoms with Crippen molar-refractivity contribution in [2.24, 2.45) is 0 Å². The first-order valence-corrected chi connectivity index (χ1v) is 6.64. The predicted octanol–water partition coefficient (Wildman–Crippen LogP) is 4.30. The number of benzene rings is 2. The van der Waals surface area contributed by atoms with Crippen molar-refractivity contribution in [3.05, 3.63) is 63.6 Å². The molecule has 0 aromatic heterocycles. The van der Waals surface area contributed by atoms with E-state index in [4.69, 9.17) is 4.74 Å². The number of carbonyl (C=O) groups is 1. The highest BCUT2D eigenvalue weighted by Gasteiger charge is 2.13. The van der Waals surface area contributed by atoms with Crippen molar-refractivity contribution in [3.8, 4) is 5.75 Å². The Bertz CT molecular complexity index is 633. The molecule has 0 fully saturated rings. The molecule has 0 aliphatic carbocycles. The third-order valence-corrected chi connectivity index (χ3v) is 3.24. The van der Waals surface area contributed by atoms with Crippen LogP contribution < -0.4 is 4.74 Å². The monoisotopic (exact) mass is 340 g/mol. The molecule has 0 atom stereocenters. The summed E-state index contributed by atoms with van der Waals surface area (Å²) >= 11 is 3.00. The van der Waals surface area contributed by atoms with Crippen LogP contribution in [0.2, 0.25) is 0 Å². The molecule has 0 heterocycles. The average molecular weight is 341 g/mol. The summed E-state index contributed by atoms with van der Waals surface area (Å²) in [5.74, 6) is -2.02. The minimum absolute atomic E-state index is 0.132. The molecule has 5 heteroatoms. The third kappa shape index (κ3) is 3.42. The Morgan fingerprint density at radius 1 is 1.25 bits per heavy atom. The van der Waals surface area contributed by atoms with Crippen LogP contribution in [0.25, 0.3) is 0 Å². The molecule has 0 aliphatic rings. The highest BCUT2D eigenvalue weighted by Crippen LogP contribution is 2.29. The lowest BCUT2D eigenvalue weighted by Gasteiger charge is -2.09. The van der Waals surface area contributed by atoms with Crippen LogP contribution in [0.1, 0.15) is 15.9 Å². The fraction of sp³-hybridized carbons (Fsp3) is 0.133. The standard InChI is InChI=1S/C15H11BrF2O2/c1-9-3-2-4-10(5-9)14(19)8-20-15-12(16)6-11(17)7-13(15)18/h2-7H,8H2,1H3. The Balaban J connectivity index is 2.11. The SMILES string of the molecule is Cc1cccc(C(=O)COc2c(F)cc(F)cc2Br)c1. The summed E-state index contributed by atoms with van der Waals surface area (Å²) in [6, 6.07) is 8.80. The molecule has 20 heavy (non-hydrogen) atoms. The number of ketones is 1. The lowest BCUT2D eigenvalue weighted by atomic mass is 10.1. The number of hydrogen-bond acceptors (Lipinski definition) is 2. The summed E-state index contributed by atoms with van der Waals surface area (Å²) < 4.78 is 31.7. The van der Waals surface area contributed by atoms with Gasteiger partial charge in [-0.15, -0.1) is 0 Å². The van der Waals surface area contributed by atoms with E-state index in [1.54, 1.807) is 18.2 Å². The summed E-state index contributed by atoms with van der Waals surface area (Å²) in [7, 11) is 0. The molecule has 2 aromatic carbocycles. The zero-order valence-corrected chi connectivity index (χ0v) is 12.2. The lowest BCUT2D eigenvalue weighted by Crippen LogP contribution is -2.12. The minimum Gasteiger partial charge on any atom is -0.481 e. The summed E-state index contributed by atoms with van der Waals surface area (Å²) in [6.07, 6.45) is 0. The van der Waals surface area contributed by atoms with Crippen LogP contribution >= 0.6 is 15.9 Å². The van der Waals surface area contributed by atoms with Gasteiger partial charge in [0.1, 0.15) is 5.82 Å². The highest BCUT2D eigenvalue weighted by molar-refractivity contribution is 9.10. The number of Topliss-reactive ketones (excluding diaryl/α,β-unsaturated/α-hetero) is 1. The van der Waals surface area contributed by atoms with Gasteiger partial charge in [-0.05, 0) is 35.0 Å². The van der Waals surface area contributed by atoms with E-state index in [-0.39, 0.29) is 22.6 Å². The Morgan fingerprint density at radius 2 is 2.00 bits per heavy atom. The van der Waals surface area contributed by atoms with Crippen molar-refractivity contribution < 1.29 is 18.3 Å². The van der Waals surface area contributed by atoms with Gasteiger partial charge in [0, 0.05) is 11.6 Å². The molecule has 0 saturated carbocycles. The van der Waals surface area contributed by atoms with Gasteiger partial charge in [-0.2, -0.15) is 0 Å². The molecule has 0 amide bonds. The maximum Gasteiger partial charge on any atom is 0.200 e. The van der Waals surface area contributed by atoms with E-state index < -0.39 is 11.6 Å². The van der Waals surface area contributed by atoms with E-state index in [2.05, 4.69) is 15.9 Å². The Hall–Kier alpha value is -1.75. The maximum atomic E-state index is 13.5. The first-order chi connectivity index (χ1) is 9.47.